The van der Waals surface area contributed by atoms with Gasteiger partial charge in [-0.05, 0) is 38.1 Å². The zero-order valence-electron chi connectivity index (χ0n) is 11.7. The van der Waals surface area contributed by atoms with Crippen LogP contribution in [0.5, 0.6) is 0 Å². The number of nitrogens with one attached hydrogen (secondary N) is 1. The van der Waals surface area contributed by atoms with Crippen molar-refractivity contribution in [1.29, 1.82) is 0 Å². The van der Waals surface area contributed by atoms with E-state index in [1.807, 2.05) is 32.0 Å². The Labute approximate surface area is 125 Å². The molecule has 1 N–H and O–H groups in total. The quantitative estimate of drug-likeness (QED) is 0.800. The number of hydrogen-bond acceptors (Lipinski definition) is 5. The lowest BCUT2D eigenvalue weighted by atomic mass is 10.3. The first-order chi connectivity index (χ1) is 10.1. The molecule has 0 aliphatic heterocycles. The average molecular weight is 302 g/mol. The molecule has 0 radical (unpaired) electrons. The van der Waals surface area contributed by atoms with Crippen LogP contribution in [0.3, 0.4) is 0 Å². The lowest BCUT2D eigenvalue weighted by Crippen LogP contribution is -2.22. The van der Waals surface area contributed by atoms with Crippen LogP contribution < -0.4 is 5.32 Å². The SMILES string of the molecule is Cc1ccc(-c2ccc(C(=O)NCc3ncoc3C)s2)o1. The van der Waals surface area contributed by atoms with Gasteiger partial charge in [0, 0.05) is 0 Å². The number of furan rings is 1. The Morgan fingerprint density at radius 3 is 2.81 bits per heavy atom. The van der Waals surface area contributed by atoms with Crippen LogP contribution in [0.1, 0.15) is 26.9 Å². The molecule has 0 spiro atoms. The molecule has 5 nitrogen and oxygen atoms in total. The van der Waals surface area contributed by atoms with Gasteiger partial charge in [0.15, 0.2) is 6.39 Å². The molecular formula is C15H14N2O3S. The molecule has 0 aromatic carbocycles. The van der Waals surface area contributed by atoms with Gasteiger partial charge in [0.25, 0.3) is 5.91 Å². The standard InChI is InChI=1S/C15H14N2O3S/c1-9-3-4-12(20-9)13-5-6-14(21-13)15(18)16-7-11-10(2)19-8-17-11/h3-6,8H,7H2,1-2H3,(H,16,18). The highest BCUT2D eigenvalue weighted by molar-refractivity contribution is 7.17. The van der Waals surface area contributed by atoms with E-state index in [1.165, 1.54) is 17.7 Å². The average Bonchev–Trinajstić information content (AvgIpc) is 3.16. The summed E-state index contributed by atoms with van der Waals surface area (Å²) < 4.78 is 10.6. The topological polar surface area (TPSA) is 68.3 Å². The van der Waals surface area contributed by atoms with Crippen molar-refractivity contribution in [2.75, 3.05) is 0 Å². The molecule has 1 amide bonds. The number of aryl methyl sites for hydroxylation is 2. The van der Waals surface area contributed by atoms with Crippen molar-refractivity contribution in [3.63, 3.8) is 0 Å². The smallest absolute Gasteiger partial charge is 0.261 e. The third-order valence-corrected chi connectivity index (χ3v) is 4.17. The number of aromatic nitrogens is 1. The van der Waals surface area contributed by atoms with Gasteiger partial charge in [0.1, 0.15) is 23.0 Å². The number of rotatable bonds is 4. The Balaban J connectivity index is 1.68. The second-order valence-corrected chi connectivity index (χ2v) is 5.70. The fraction of sp³-hybridized carbons (Fsp3) is 0.200. The van der Waals surface area contributed by atoms with Crippen LogP contribution >= 0.6 is 11.3 Å². The minimum Gasteiger partial charge on any atom is -0.461 e. The van der Waals surface area contributed by atoms with Crippen molar-refractivity contribution in [2.45, 2.75) is 20.4 Å². The largest absolute Gasteiger partial charge is 0.461 e. The molecule has 0 saturated carbocycles. The maximum atomic E-state index is 12.1. The zero-order chi connectivity index (χ0) is 14.8. The Morgan fingerprint density at radius 1 is 1.29 bits per heavy atom. The molecule has 0 bridgehead atoms. The molecule has 0 fully saturated rings. The predicted molar refractivity (Wildman–Crippen MR) is 79.2 cm³/mol. The molecule has 6 heteroatoms. The normalized spacial score (nSPS) is 10.8. The molecule has 0 unspecified atom stereocenters. The number of carbonyl (C=O) groups excluding carboxylic acids is 1. The fourth-order valence-corrected chi connectivity index (χ4v) is 2.79. The monoisotopic (exact) mass is 302 g/mol. The number of carbonyl (C=O) groups is 1. The van der Waals surface area contributed by atoms with Crippen LogP contribution in [-0.2, 0) is 6.54 Å². The lowest BCUT2D eigenvalue weighted by Gasteiger charge is -2.01. The summed E-state index contributed by atoms with van der Waals surface area (Å²) in [6.45, 7) is 4.07. The maximum absolute atomic E-state index is 12.1. The Kier molecular flexibility index (Phi) is 3.62. The van der Waals surface area contributed by atoms with Gasteiger partial charge in [0.2, 0.25) is 0 Å². The van der Waals surface area contributed by atoms with Gasteiger partial charge in [-0.1, -0.05) is 0 Å². The predicted octanol–water partition coefficient (Wildman–Crippen LogP) is 3.54. The number of nitrogens with zero attached hydrogens (tertiary/aromatic N) is 1. The van der Waals surface area contributed by atoms with E-state index < -0.39 is 0 Å². The third-order valence-electron chi connectivity index (χ3n) is 3.07. The molecular weight excluding hydrogens is 288 g/mol. The van der Waals surface area contributed by atoms with E-state index in [0.29, 0.717) is 17.2 Å². The summed E-state index contributed by atoms with van der Waals surface area (Å²) in [4.78, 5) is 17.7. The second-order valence-electron chi connectivity index (χ2n) is 4.61. The molecule has 3 heterocycles. The summed E-state index contributed by atoms with van der Waals surface area (Å²) in [5, 5.41) is 2.83. The molecule has 21 heavy (non-hydrogen) atoms. The Morgan fingerprint density at radius 2 is 2.14 bits per heavy atom. The van der Waals surface area contributed by atoms with Crippen molar-refractivity contribution in [3.05, 3.63) is 52.8 Å². The van der Waals surface area contributed by atoms with Crippen LogP contribution in [0.25, 0.3) is 10.6 Å². The molecule has 0 saturated heterocycles. The summed E-state index contributed by atoms with van der Waals surface area (Å²) in [6, 6.07) is 7.49. The van der Waals surface area contributed by atoms with E-state index in [2.05, 4.69) is 10.3 Å². The fourth-order valence-electron chi connectivity index (χ4n) is 1.91. The van der Waals surface area contributed by atoms with E-state index in [4.69, 9.17) is 8.83 Å². The molecule has 108 valence electrons. The van der Waals surface area contributed by atoms with Crippen LogP contribution in [0.15, 0.2) is 39.5 Å². The van der Waals surface area contributed by atoms with Crippen molar-refractivity contribution in [1.82, 2.24) is 10.3 Å². The maximum Gasteiger partial charge on any atom is 0.261 e. The van der Waals surface area contributed by atoms with Crippen molar-refractivity contribution in [3.8, 4) is 10.6 Å². The van der Waals surface area contributed by atoms with E-state index in [1.54, 1.807) is 6.07 Å². The van der Waals surface area contributed by atoms with Gasteiger partial charge in [-0.25, -0.2) is 4.98 Å². The zero-order valence-corrected chi connectivity index (χ0v) is 12.5. The summed E-state index contributed by atoms with van der Waals surface area (Å²) in [6.07, 6.45) is 1.37. The highest BCUT2D eigenvalue weighted by Gasteiger charge is 2.13. The molecule has 3 aromatic heterocycles. The summed E-state index contributed by atoms with van der Waals surface area (Å²) >= 11 is 1.40. The first kappa shape index (κ1) is 13.6. The summed E-state index contributed by atoms with van der Waals surface area (Å²) in [5.74, 6) is 2.22. The van der Waals surface area contributed by atoms with Gasteiger partial charge in [-0.2, -0.15) is 0 Å². The van der Waals surface area contributed by atoms with Gasteiger partial charge in [0.05, 0.1) is 16.3 Å². The van der Waals surface area contributed by atoms with E-state index in [9.17, 15) is 4.79 Å². The van der Waals surface area contributed by atoms with Crippen LogP contribution in [0.2, 0.25) is 0 Å². The van der Waals surface area contributed by atoms with E-state index in [-0.39, 0.29) is 5.91 Å². The number of thiophene rings is 1. The Hall–Kier alpha value is -2.34. The van der Waals surface area contributed by atoms with Crippen LogP contribution in [0.4, 0.5) is 0 Å². The Bertz CT molecular complexity index is 769. The second kappa shape index (κ2) is 5.57. The highest BCUT2D eigenvalue weighted by Crippen LogP contribution is 2.29. The van der Waals surface area contributed by atoms with Crippen molar-refractivity contribution < 1.29 is 13.6 Å². The highest BCUT2D eigenvalue weighted by atomic mass is 32.1. The molecule has 3 rings (SSSR count). The van der Waals surface area contributed by atoms with E-state index in [0.717, 1.165) is 22.1 Å². The van der Waals surface area contributed by atoms with Gasteiger partial charge >= 0.3 is 0 Å². The minimum absolute atomic E-state index is 0.128. The number of amides is 1. The van der Waals surface area contributed by atoms with Crippen LogP contribution in [0, 0.1) is 13.8 Å². The number of hydrogen-bond donors (Lipinski definition) is 1. The van der Waals surface area contributed by atoms with Gasteiger partial charge in [-0.3, -0.25) is 4.79 Å². The molecule has 0 aliphatic rings. The number of oxazole rings is 1. The van der Waals surface area contributed by atoms with Crippen LogP contribution in [-0.4, -0.2) is 10.9 Å². The van der Waals surface area contributed by atoms with Crippen molar-refractivity contribution in [2.24, 2.45) is 0 Å². The third kappa shape index (κ3) is 2.90. The van der Waals surface area contributed by atoms with Crippen molar-refractivity contribution >= 4 is 17.2 Å². The van der Waals surface area contributed by atoms with E-state index >= 15 is 0 Å². The van der Waals surface area contributed by atoms with Gasteiger partial charge < -0.3 is 14.2 Å². The molecule has 0 aliphatic carbocycles. The first-order valence-electron chi connectivity index (χ1n) is 6.47. The summed E-state index contributed by atoms with van der Waals surface area (Å²) in [7, 11) is 0. The lowest BCUT2D eigenvalue weighted by molar-refractivity contribution is 0.0954. The molecule has 0 atom stereocenters. The molecule has 3 aromatic rings. The first-order valence-corrected chi connectivity index (χ1v) is 7.29. The van der Waals surface area contributed by atoms with Gasteiger partial charge in [-0.15, -0.1) is 11.3 Å². The summed E-state index contributed by atoms with van der Waals surface area (Å²) in [5.41, 5.74) is 0.738. The minimum atomic E-state index is -0.128.